The third-order valence-electron chi connectivity index (χ3n) is 8.60. The molecule has 7 aromatic rings. The van der Waals surface area contributed by atoms with Gasteiger partial charge in [-0.05, 0) is 89.7 Å². The summed E-state index contributed by atoms with van der Waals surface area (Å²) in [6, 6.07) is 53.1. The van der Waals surface area contributed by atoms with Gasteiger partial charge in [-0.1, -0.05) is 152 Å². The molecule has 0 heteroatoms. The van der Waals surface area contributed by atoms with E-state index in [-0.39, 0.29) is 0 Å². The molecule has 0 saturated carbocycles. The summed E-state index contributed by atoms with van der Waals surface area (Å²) in [4.78, 5) is 0. The summed E-state index contributed by atoms with van der Waals surface area (Å²) >= 11 is 0. The molecule has 0 spiro atoms. The van der Waals surface area contributed by atoms with Gasteiger partial charge >= 0.3 is 0 Å². The van der Waals surface area contributed by atoms with E-state index in [0.717, 1.165) is 0 Å². The second-order valence-electron chi connectivity index (χ2n) is 11.1. The molecule has 0 saturated heterocycles. The molecule has 1 aliphatic carbocycles. The van der Waals surface area contributed by atoms with Crippen molar-refractivity contribution >= 4 is 27.1 Å². The molecular formula is C42H29. The molecular weight excluding hydrogens is 504 g/mol. The summed E-state index contributed by atoms with van der Waals surface area (Å²) in [5.74, 6) is 0. The average molecular weight is 534 g/mol. The van der Waals surface area contributed by atoms with E-state index in [9.17, 15) is 0 Å². The van der Waals surface area contributed by atoms with Crippen molar-refractivity contribution in [3.63, 3.8) is 0 Å². The molecule has 197 valence electrons. The minimum atomic E-state index is 1.23. The van der Waals surface area contributed by atoms with E-state index in [0.29, 0.717) is 0 Å². The van der Waals surface area contributed by atoms with Crippen LogP contribution in [-0.4, -0.2) is 0 Å². The Morgan fingerprint density at radius 2 is 0.786 bits per heavy atom. The second kappa shape index (κ2) is 10.0. The Bertz CT molecular complexity index is 2100. The maximum Gasteiger partial charge on any atom is 0.0131 e. The van der Waals surface area contributed by atoms with Crippen molar-refractivity contribution in [2.75, 3.05) is 0 Å². The third-order valence-corrected chi connectivity index (χ3v) is 8.60. The largest absolute Gasteiger partial charge is 0.0716 e. The zero-order chi connectivity index (χ0) is 28.0. The topological polar surface area (TPSA) is 0 Å². The highest BCUT2D eigenvalue weighted by molar-refractivity contribution is 6.23. The fraction of sp³-hybridized carbons (Fsp3) is 0.0238. The monoisotopic (exact) mass is 533 g/mol. The van der Waals surface area contributed by atoms with E-state index < -0.39 is 0 Å². The summed E-state index contributed by atoms with van der Waals surface area (Å²) in [6.07, 6.45) is 4.49. The Hall–Kier alpha value is -5.20. The number of allylic oxidation sites excluding steroid dienone is 2. The van der Waals surface area contributed by atoms with Gasteiger partial charge in [-0.2, -0.15) is 0 Å². The van der Waals surface area contributed by atoms with Gasteiger partial charge in [-0.15, -0.1) is 0 Å². The number of benzene rings is 7. The molecule has 0 bridgehead atoms. The molecule has 0 unspecified atom stereocenters. The highest BCUT2D eigenvalue weighted by atomic mass is 14.3. The molecule has 0 heterocycles. The van der Waals surface area contributed by atoms with E-state index in [1.54, 1.807) is 0 Å². The van der Waals surface area contributed by atoms with Crippen molar-refractivity contribution in [2.24, 2.45) is 0 Å². The van der Waals surface area contributed by atoms with E-state index in [1.165, 1.54) is 82.8 Å². The van der Waals surface area contributed by atoms with Gasteiger partial charge in [0, 0.05) is 6.42 Å². The van der Waals surface area contributed by atoms with Crippen LogP contribution in [0.4, 0.5) is 0 Å². The van der Waals surface area contributed by atoms with Crippen molar-refractivity contribution in [2.45, 2.75) is 6.92 Å². The van der Waals surface area contributed by atoms with Crippen LogP contribution in [0.15, 0.2) is 152 Å². The number of hydrogen-bond acceptors (Lipinski definition) is 0. The summed E-state index contributed by atoms with van der Waals surface area (Å²) < 4.78 is 0. The maximum absolute atomic E-state index is 2.32. The predicted octanol–water partition coefficient (Wildman–Crippen LogP) is 11.6. The van der Waals surface area contributed by atoms with Crippen LogP contribution in [0.2, 0.25) is 0 Å². The van der Waals surface area contributed by atoms with Crippen LogP contribution in [0, 0.1) is 13.3 Å². The van der Waals surface area contributed by atoms with Crippen LogP contribution >= 0.6 is 0 Å². The van der Waals surface area contributed by atoms with Crippen LogP contribution in [0.3, 0.4) is 0 Å². The normalized spacial score (nSPS) is 12.5. The first-order valence-electron chi connectivity index (χ1n) is 14.6. The lowest BCUT2D eigenvalue weighted by Gasteiger charge is -2.22. The lowest BCUT2D eigenvalue weighted by molar-refractivity contribution is 1.45. The molecule has 7 aromatic carbocycles. The lowest BCUT2D eigenvalue weighted by atomic mass is 9.81. The van der Waals surface area contributed by atoms with E-state index in [2.05, 4.69) is 165 Å². The SMILES string of the molecule is Cc1ccccc1-c1cccc(-c2c3ccccc3c(-c3ccccc3-c3ccccc3)c3ccccc23)c1C1=C[CH]1. The highest BCUT2D eigenvalue weighted by Gasteiger charge is 2.25. The van der Waals surface area contributed by atoms with Crippen LogP contribution in [0.25, 0.3) is 71.6 Å². The smallest absolute Gasteiger partial charge is 0.0131 e. The summed E-state index contributed by atoms with van der Waals surface area (Å²) in [6.45, 7) is 2.21. The molecule has 0 atom stereocenters. The van der Waals surface area contributed by atoms with Gasteiger partial charge in [0.15, 0.2) is 0 Å². The van der Waals surface area contributed by atoms with E-state index >= 15 is 0 Å². The Balaban J connectivity index is 1.49. The molecule has 1 aliphatic rings. The predicted molar refractivity (Wildman–Crippen MR) is 180 cm³/mol. The quantitative estimate of drug-likeness (QED) is 0.193. The summed E-state index contributed by atoms with van der Waals surface area (Å²) in [5, 5.41) is 5.10. The fourth-order valence-electron chi connectivity index (χ4n) is 6.66. The zero-order valence-corrected chi connectivity index (χ0v) is 23.5. The van der Waals surface area contributed by atoms with Gasteiger partial charge in [-0.25, -0.2) is 0 Å². The number of aryl methyl sites for hydroxylation is 1. The van der Waals surface area contributed by atoms with Gasteiger partial charge in [-0.3, -0.25) is 0 Å². The zero-order valence-electron chi connectivity index (χ0n) is 23.5. The molecule has 0 fully saturated rings. The van der Waals surface area contributed by atoms with Gasteiger partial charge < -0.3 is 0 Å². The molecule has 0 amide bonds. The van der Waals surface area contributed by atoms with Crippen molar-refractivity contribution in [1.82, 2.24) is 0 Å². The maximum atomic E-state index is 2.32. The van der Waals surface area contributed by atoms with Crippen molar-refractivity contribution in [1.29, 1.82) is 0 Å². The highest BCUT2D eigenvalue weighted by Crippen LogP contribution is 2.50. The molecule has 0 nitrogen and oxygen atoms in total. The Morgan fingerprint density at radius 1 is 0.333 bits per heavy atom. The van der Waals surface area contributed by atoms with Crippen LogP contribution in [-0.2, 0) is 0 Å². The number of hydrogen-bond donors (Lipinski definition) is 0. The molecule has 42 heavy (non-hydrogen) atoms. The molecule has 0 aromatic heterocycles. The van der Waals surface area contributed by atoms with E-state index in [1.807, 2.05) is 0 Å². The van der Waals surface area contributed by atoms with Crippen LogP contribution in [0.5, 0.6) is 0 Å². The van der Waals surface area contributed by atoms with Gasteiger partial charge in [0.1, 0.15) is 0 Å². The molecule has 8 rings (SSSR count). The number of rotatable bonds is 5. The summed E-state index contributed by atoms with van der Waals surface area (Å²) in [7, 11) is 0. The van der Waals surface area contributed by atoms with Crippen LogP contribution < -0.4 is 0 Å². The van der Waals surface area contributed by atoms with Crippen molar-refractivity contribution < 1.29 is 0 Å². The van der Waals surface area contributed by atoms with Gasteiger partial charge in [0.2, 0.25) is 0 Å². The first kappa shape index (κ1) is 24.6. The third kappa shape index (κ3) is 3.99. The lowest BCUT2D eigenvalue weighted by Crippen LogP contribution is -1.96. The van der Waals surface area contributed by atoms with Gasteiger partial charge in [0.25, 0.3) is 0 Å². The fourth-order valence-corrected chi connectivity index (χ4v) is 6.66. The van der Waals surface area contributed by atoms with Crippen LogP contribution in [0.1, 0.15) is 11.1 Å². The van der Waals surface area contributed by atoms with Crippen molar-refractivity contribution in [3.8, 4) is 44.5 Å². The standard InChI is InChI=1S/C42H29/c1-28-14-5-6-17-31(28)33-24-13-25-39(40(33)30-26-27-30)42-37-22-11-9-20-35(37)41(36-21-10-12-23-38(36)42)34-19-8-7-18-32(34)29-15-3-2-4-16-29/h2-27H,1H3. The Morgan fingerprint density at radius 3 is 1.38 bits per heavy atom. The second-order valence-corrected chi connectivity index (χ2v) is 11.1. The minimum absolute atomic E-state index is 1.23. The minimum Gasteiger partial charge on any atom is -0.0716 e. The Labute approximate surface area is 247 Å². The number of fused-ring (bicyclic) bond motifs is 2. The molecule has 1 radical (unpaired) electrons. The molecule has 0 N–H and O–H groups in total. The first-order chi connectivity index (χ1) is 20.8. The summed E-state index contributed by atoms with van der Waals surface area (Å²) in [5.41, 5.74) is 14.1. The van der Waals surface area contributed by atoms with Crippen molar-refractivity contribution in [3.05, 3.63) is 169 Å². The van der Waals surface area contributed by atoms with Gasteiger partial charge in [0.05, 0.1) is 0 Å². The van der Waals surface area contributed by atoms with E-state index in [4.69, 9.17) is 0 Å². The molecule has 0 aliphatic heterocycles. The Kier molecular flexibility index (Phi) is 5.86. The first-order valence-corrected chi connectivity index (χ1v) is 14.6. The average Bonchev–Trinajstić information content (AvgIpc) is 3.90.